The second kappa shape index (κ2) is 8.28. The van der Waals surface area contributed by atoms with Gasteiger partial charge in [-0.15, -0.1) is 0 Å². The normalized spacial score (nSPS) is 16.2. The molecule has 0 aliphatic heterocycles. The molecule has 3 atom stereocenters. The molecule has 2 nitrogen and oxygen atoms in total. The molecule has 0 aliphatic carbocycles. The maximum atomic E-state index is 5.76. The minimum absolute atomic E-state index is 0.132. The van der Waals surface area contributed by atoms with Crippen molar-refractivity contribution in [2.75, 3.05) is 13.7 Å². The first-order valence-corrected chi connectivity index (χ1v) is 7.05. The second-order valence-electron chi connectivity index (χ2n) is 4.92. The van der Waals surface area contributed by atoms with E-state index in [-0.39, 0.29) is 6.10 Å². The Balaban J connectivity index is 2.87. The summed E-state index contributed by atoms with van der Waals surface area (Å²) in [4.78, 5) is 0. The summed E-state index contributed by atoms with van der Waals surface area (Å²) in [5.74, 6) is 0.611. The lowest BCUT2D eigenvalue weighted by molar-refractivity contribution is 0.0481. The van der Waals surface area contributed by atoms with Gasteiger partial charge in [-0.05, 0) is 24.4 Å². The maximum Gasteiger partial charge on any atom is 0.0976 e. The van der Waals surface area contributed by atoms with Gasteiger partial charge in [-0.3, -0.25) is 0 Å². The average Bonchev–Trinajstić information content (AvgIpc) is 2.40. The quantitative estimate of drug-likeness (QED) is 0.757. The van der Waals surface area contributed by atoms with Gasteiger partial charge in [-0.2, -0.15) is 0 Å². The summed E-state index contributed by atoms with van der Waals surface area (Å²) in [6, 6.07) is 10.9. The Bertz CT molecular complexity index is 312. The third kappa shape index (κ3) is 4.11. The summed E-state index contributed by atoms with van der Waals surface area (Å²) in [5, 5.41) is 3.59. The lowest BCUT2D eigenvalue weighted by Gasteiger charge is -2.32. The standard InChI is InChI=1S/C16H27NO/c1-5-10-13(3)15(17-6-2)16(18-4)14-11-8-7-9-12-14/h7-9,11-13,15-17H,5-6,10H2,1-4H3. The minimum atomic E-state index is 0.132. The molecule has 0 bridgehead atoms. The zero-order chi connectivity index (χ0) is 13.4. The molecule has 102 valence electrons. The Hall–Kier alpha value is -0.860. The molecule has 1 rings (SSSR count). The van der Waals surface area contributed by atoms with Gasteiger partial charge in [0, 0.05) is 13.2 Å². The Kier molecular flexibility index (Phi) is 6.99. The Labute approximate surface area is 112 Å². The first-order valence-electron chi connectivity index (χ1n) is 7.05. The van der Waals surface area contributed by atoms with Crippen molar-refractivity contribution >= 4 is 0 Å². The van der Waals surface area contributed by atoms with Crippen LogP contribution < -0.4 is 5.32 Å². The molecule has 1 aromatic rings. The number of methoxy groups -OCH3 is 1. The molecule has 0 aliphatic rings. The van der Waals surface area contributed by atoms with Crippen LogP contribution in [-0.4, -0.2) is 19.7 Å². The monoisotopic (exact) mass is 249 g/mol. The van der Waals surface area contributed by atoms with E-state index < -0.39 is 0 Å². The third-order valence-corrected chi connectivity index (χ3v) is 3.51. The molecule has 0 aromatic heterocycles. The molecule has 0 saturated carbocycles. The molecule has 0 amide bonds. The van der Waals surface area contributed by atoms with Crippen molar-refractivity contribution in [2.24, 2.45) is 5.92 Å². The van der Waals surface area contributed by atoms with Gasteiger partial charge >= 0.3 is 0 Å². The first-order chi connectivity index (χ1) is 8.74. The lowest BCUT2D eigenvalue weighted by atomic mass is 9.89. The van der Waals surface area contributed by atoms with Crippen molar-refractivity contribution in [3.05, 3.63) is 35.9 Å². The maximum absolute atomic E-state index is 5.76. The molecule has 3 unspecified atom stereocenters. The summed E-state index contributed by atoms with van der Waals surface area (Å²) < 4.78 is 5.76. The molecular formula is C16H27NO. The van der Waals surface area contributed by atoms with Crippen LogP contribution in [0.4, 0.5) is 0 Å². The van der Waals surface area contributed by atoms with Crippen LogP contribution in [0.5, 0.6) is 0 Å². The van der Waals surface area contributed by atoms with Gasteiger partial charge in [0.15, 0.2) is 0 Å². The molecule has 1 N–H and O–H groups in total. The highest BCUT2D eigenvalue weighted by Gasteiger charge is 2.26. The number of nitrogens with one attached hydrogen (secondary N) is 1. The first kappa shape index (κ1) is 15.2. The SMILES string of the molecule is CCCC(C)C(NCC)C(OC)c1ccccc1. The number of rotatable bonds is 8. The molecule has 0 radical (unpaired) electrons. The van der Waals surface area contributed by atoms with E-state index in [9.17, 15) is 0 Å². The lowest BCUT2D eigenvalue weighted by Crippen LogP contribution is -2.40. The summed E-state index contributed by atoms with van der Waals surface area (Å²) >= 11 is 0. The van der Waals surface area contributed by atoms with E-state index >= 15 is 0 Å². The van der Waals surface area contributed by atoms with E-state index in [1.54, 1.807) is 7.11 Å². The second-order valence-corrected chi connectivity index (χ2v) is 4.92. The summed E-state index contributed by atoms with van der Waals surface area (Å²) in [6.45, 7) is 7.68. The highest BCUT2D eigenvalue weighted by molar-refractivity contribution is 5.19. The van der Waals surface area contributed by atoms with Crippen LogP contribution in [-0.2, 0) is 4.74 Å². The largest absolute Gasteiger partial charge is 0.375 e. The minimum Gasteiger partial charge on any atom is -0.375 e. The van der Waals surface area contributed by atoms with Crippen LogP contribution >= 0.6 is 0 Å². The van der Waals surface area contributed by atoms with Crippen LogP contribution in [0.1, 0.15) is 45.3 Å². The number of hydrogen-bond donors (Lipinski definition) is 1. The summed E-state index contributed by atoms with van der Waals surface area (Å²) in [6.07, 6.45) is 2.58. The Morgan fingerprint density at radius 1 is 1.17 bits per heavy atom. The van der Waals surface area contributed by atoms with Gasteiger partial charge in [-0.1, -0.05) is 57.5 Å². The smallest absolute Gasteiger partial charge is 0.0976 e. The average molecular weight is 249 g/mol. The highest BCUT2D eigenvalue weighted by Crippen LogP contribution is 2.27. The van der Waals surface area contributed by atoms with E-state index in [1.807, 2.05) is 6.07 Å². The van der Waals surface area contributed by atoms with Crippen LogP contribution in [0, 0.1) is 5.92 Å². The molecule has 1 aromatic carbocycles. The zero-order valence-corrected chi connectivity index (χ0v) is 12.1. The van der Waals surface area contributed by atoms with E-state index in [0.717, 1.165) is 6.54 Å². The predicted octanol–water partition coefficient (Wildman–Crippen LogP) is 3.79. The van der Waals surface area contributed by atoms with Crippen molar-refractivity contribution in [3.63, 3.8) is 0 Å². The fraction of sp³-hybridized carbons (Fsp3) is 0.625. The molecule has 0 spiro atoms. The molecule has 2 heteroatoms. The van der Waals surface area contributed by atoms with Crippen LogP contribution in [0.3, 0.4) is 0 Å². The summed E-state index contributed by atoms with van der Waals surface area (Å²) in [7, 11) is 1.81. The highest BCUT2D eigenvalue weighted by atomic mass is 16.5. The predicted molar refractivity (Wildman–Crippen MR) is 77.7 cm³/mol. The van der Waals surface area contributed by atoms with Crippen molar-refractivity contribution in [2.45, 2.75) is 45.8 Å². The molecule has 18 heavy (non-hydrogen) atoms. The van der Waals surface area contributed by atoms with Crippen molar-refractivity contribution in [1.82, 2.24) is 5.32 Å². The van der Waals surface area contributed by atoms with Gasteiger partial charge in [0.05, 0.1) is 6.10 Å². The Morgan fingerprint density at radius 2 is 1.83 bits per heavy atom. The molecule has 0 saturated heterocycles. The third-order valence-electron chi connectivity index (χ3n) is 3.51. The zero-order valence-electron chi connectivity index (χ0n) is 12.1. The van der Waals surface area contributed by atoms with Crippen molar-refractivity contribution < 1.29 is 4.74 Å². The fourth-order valence-corrected chi connectivity index (χ4v) is 2.61. The van der Waals surface area contributed by atoms with E-state index in [1.165, 1.54) is 18.4 Å². The van der Waals surface area contributed by atoms with Gasteiger partial charge in [0.25, 0.3) is 0 Å². The summed E-state index contributed by atoms with van der Waals surface area (Å²) in [5.41, 5.74) is 1.26. The molecule has 0 fully saturated rings. The van der Waals surface area contributed by atoms with Gasteiger partial charge in [0.2, 0.25) is 0 Å². The van der Waals surface area contributed by atoms with E-state index in [4.69, 9.17) is 4.74 Å². The Morgan fingerprint density at radius 3 is 2.33 bits per heavy atom. The number of likely N-dealkylation sites (N-methyl/N-ethyl adjacent to an activating group) is 1. The van der Waals surface area contributed by atoms with Gasteiger partial charge in [0.1, 0.15) is 0 Å². The van der Waals surface area contributed by atoms with Gasteiger partial charge < -0.3 is 10.1 Å². The van der Waals surface area contributed by atoms with Crippen molar-refractivity contribution in [3.8, 4) is 0 Å². The van der Waals surface area contributed by atoms with E-state index in [0.29, 0.717) is 12.0 Å². The van der Waals surface area contributed by atoms with E-state index in [2.05, 4.69) is 50.4 Å². The topological polar surface area (TPSA) is 21.3 Å². The number of ether oxygens (including phenoxy) is 1. The van der Waals surface area contributed by atoms with Crippen LogP contribution in [0.15, 0.2) is 30.3 Å². The molecule has 0 heterocycles. The fourth-order valence-electron chi connectivity index (χ4n) is 2.61. The van der Waals surface area contributed by atoms with Gasteiger partial charge in [-0.25, -0.2) is 0 Å². The van der Waals surface area contributed by atoms with Crippen LogP contribution in [0.2, 0.25) is 0 Å². The number of benzene rings is 1. The van der Waals surface area contributed by atoms with Crippen LogP contribution in [0.25, 0.3) is 0 Å². The number of hydrogen-bond acceptors (Lipinski definition) is 2. The molecular weight excluding hydrogens is 222 g/mol. The van der Waals surface area contributed by atoms with Crippen molar-refractivity contribution in [1.29, 1.82) is 0 Å².